The van der Waals surface area contributed by atoms with Crippen LogP contribution in [0.1, 0.15) is 5.56 Å². The second-order valence-electron chi connectivity index (χ2n) is 6.65. The number of carbonyl (C=O) groups is 1. The summed E-state index contributed by atoms with van der Waals surface area (Å²) in [6.07, 6.45) is 3.14. The van der Waals surface area contributed by atoms with E-state index >= 15 is 0 Å². The van der Waals surface area contributed by atoms with Crippen LogP contribution in [0.2, 0.25) is 0 Å². The summed E-state index contributed by atoms with van der Waals surface area (Å²) < 4.78 is 1.86. The molecule has 0 aliphatic rings. The molecule has 5 nitrogen and oxygen atoms in total. The smallest absolute Gasteiger partial charge is 0.154 e. The summed E-state index contributed by atoms with van der Waals surface area (Å²) in [7, 11) is 4.05. The maximum Gasteiger partial charge on any atom is 0.154 e. The molecule has 0 saturated carbocycles. The van der Waals surface area contributed by atoms with Gasteiger partial charge in [-0.25, -0.2) is 9.50 Å². The van der Waals surface area contributed by atoms with E-state index in [2.05, 4.69) is 28.1 Å². The molecule has 0 unspecified atom stereocenters. The quantitative estimate of drug-likeness (QED) is 0.509. The Hall–Kier alpha value is -3.47. The van der Waals surface area contributed by atoms with Crippen molar-refractivity contribution in [2.24, 2.45) is 0 Å². The molecular formula is C22H20N4O. The minimum absolute atomic E-state index is 0.403. The molecule has 2 aromatic heterocycles. The molecule has 134 valence electrons. The Morgan fingerprint density at radius 1 is 1.00 bits per heavy atom. The zero-order valence-corrected chi connectivity index (χ0v) is 15.3. The summed E-state index contributed by atoms with van der Waals surface area (Å²) in [5, 5.41) is 4.82. The van der Waals surface area contributed by atoms with E-state index in [0.717, 1.165) is 45.7 Å². The largest absolute Gasteiger partial charge is 0.378 e. The van der Waals surface area contributed by atoms with E-state index in [-0.39, 0.29) is 0 Å². The summed E-state index contributed by atoms with van der Waals surface area (Å²) in [5.74, 6) is 0. The van der Waals surface area contributed by atoms with Crippen LogP contribution >= 0.6 is 0 Å². The standard InChI is InChI=1S/C22H20N4O/c1-25(2)19-8-4-6-17(14-19)20-9-10-22-23-15-21(26(22)24-20)18-7-3-5-16(13-18)11-12-27/h3-10,12-15H,11H2,1-2H3. The number of benzene rings is 2. The molecule has 2 aromatic carbocycles. The van der Waals surface area contributed by atoms with Gasteiger partial charge in [0.1, 0.15) is 6.29 Å². The zero-order chi connectivity index (χ0) is 18.8. The van der Waals surface area contributed by atoms with Crippen LogP contribution < -0.4 is 4.90 Å². The molecule has 0 atom stereocenters. The van der Waals surface area contributed by atoms with Crippen molar-refractivity contribution in [3.63, 3.8) is 0 Å². The van der Waals surface area contributed by atoms with Crippen LogP contribution in [-0.2, 0) is 11.2 Å². The van der Waals surface area contributed by atoms with E-state index in [9.17, 15) is 4.79 Å². The van der Waals surface area contributed by atoms with Crippen LogP contribution in [0.4, 0.5) is 5.69 Å². The second kappa shape index (κ2) is 7.03. The van der Waals surface area contributed by atoms with E-state index in [1.165, 1.54) is 0 Å². The minimum Gasteiger partial charge on any atom is -0.378 e. The van der Waals surface area contributed by atoms with Crippen molar-refractivity contribution >= 4 is 17.6 Å². The molecule has 0 bridgehead atoms. The van der Waals surface area contributed by atoms with E-state index in [1.807, 2.05) is 67.3 Å². The Morgan fingerprint density at radius 2 is 1.81 bits per heavy atom. The Kier molecular flexibility index (Phi) is 4.42. The van der Waals surface area contributed by atoms with Crippen molar-refractivity contribution in [1.82, 2.24) is 14.6 Å². The van der Waals surface area contributed by atoms with Crippen LogP contribution in [0.15, 0.2) is 66.9 Å². The lowest BCUT2D eigenvalue weighted by atomic mass is 10.1. The zero-order valence-electron chi connectivity index (χ0n) is 15.3. The molecule has 0 aliphatic carbocycles. The summed E-state index contributed by atoms with van der Waals surface area (Å²) in [5.41, 5.74) is 6.73. The third-order valence-corrected chi connectivity index (χ3v) is 4.56. The maximum atomic E-state index is 10.8. The average molecular weight is 356 g/mol. The Bertz CT molecular complexity index is 1110. The van der Waals surface area contributed by atoms with Gasteiger partial charge in [0.15, 0.2) is 5.65 Å². The molecule has 0 N–H and O–H groups in total. The first-order valence-electron chi connectivity index (χ1n) is 8.81. The minimum atomic E-state index is 0.403. The molecule has 27 heavy (non-hydrogen) atoms. The number of carbonyl (C=O) groups excluding carboxylic acids is 1. The fourth-order valence-electron chi connectivity index (χ4n) is 3.12. The lowest BCUT2D eigenvalue weighted by Gasteiger charge is -2.13. The highest BCUT2D eigenvalue weighted by atomic mass is 16.1. The van der Waals surface area contributed by atoms with Gasteiger partial charge >= 0.3 is 0 Å². The van der Waals surface area contributed by atoms with Gasteiger partial charge in [0, 0.05) is 37.3 Å². The third-order valence-electron chi connectivity index (χ3n) is 4.56. The molecule has 0 radical (unpaired) electrons. The topological polar surface area (TPSA) is 50.5 Å². The highest BCUT2D eigenvalue weighted by Gasteiger charge is 2.10. The van der Waals surface area contributed by atoms with Gasteiger partial charge in [0.2, 0.25) is 0 Å². The van der Waals surface area contributed by atoms with Crippen LogP contribution in [0, 0.1) is 0 Å². The number of hydrogen-bond donors (Lipinski definition) is 0. The molecule has 0 spiro atoms. The first-order valence-corrected chi connectivity index (χ1v) is 8.81. The van der Waals surface area contributed by atoms with Crippen molar-refractivity contribution in [3.8, 4) is 22.5 Å². The van der Waals surface area contributed by atoms with Crippen LogP contribution in [-0.4, -0.2) is 35.0 Å². The van der Waals surface area contributed by atoms with Gasteiger partial charge < -0.3 is 9.69 Å². The van der Waals surface area contributed by atoms with Gasteiger partial charge in [-0.2, -0.15) is 5.10 Å². The van der Waals surface area contributed by atoms with Crippen molar-refractivity contribution in [2.45, 2.75) is 6.42 Å². The number of aromatic nitrogens is 3. The number of fused-ring (bicyclic) bond motifs is 1. The first-order chi connectivity index (χ1) is 13.2. The van der Waals surface area contributed by atoms with Crippen LogP contribution in [0.3, 0.4) is 0 Å². The summed E-state index contributed by atoms with van der Waals surface area (Å²) >= 11 is 0. The predicted molar refractivity (Wildman–Crippen MR) is 108 cm³/mol. The van der Waals surface area contributed by atoms with Crippen molar-refractivity contribution in [1.29, 1.82) is 0 Å². The van der Waals surface area contributed by atoms with Gasteiger partial charge in [0.05, 0.1) is 17.6 Å². The van der Waals surface area contributed by atoms with Gasteiger partial charge in [-0.3, -0.25) is 0 Å². The highest BCUT2D eigenvalue weighted by molar-refractivity contribution is 5.69. The number of rotatable bonds is 5. The van der Waals surface area contributed by atoms with Crippen molar-refractivity contribution < 1.29 is 4.79 Å². The lowest BCUT2D eigenvalue weighted by Crippen LogP contribution is -2.08. The first kappa shape index (κ1) is 17.0. The summed E-state index contributed by atoms with van der Waals surface area (Å²) in [4.78, 5) is 17.4. The molecule has 2 heterocycles. The van der Waals surface area contributed by atoms with Crippen LogP contribution in [0.5, 0.6) is 0 Å². The highest BCUT2D eigenvalue weighted by Crippen LogP contribution is 2.25. The molecule has 0 fully saturated rings. The molecule has 0 aliphatic heterocycles. The van der Waals surface area contributed by atoms with E-state index in [1.54, 1.807) is 0 Å². The van der Waals surface area contributed by atoms with Crippen molar-refractivity contribution in [3.05, 3.63) is 72.4 Å². The van der Waals surface area contributed by atoms with Crippen molar-refractivity contribution in [2.75, 3.05) is 19.0 Å². The number of aldehydes is 1. The predicted octanol–water partition coefficient (Wildman–Crippen LogP) is 3.87. The maximum absolute atomic E-state index is 10.8. The molecule has 4 rings (SSSR count). The third kappa shape index (κ3) is 3.31. The average Bonchev–Trinajstić information content (AvgIpc) is 3.12. The monoisotopic (exact) mass is 356 g/mol. The fourth-order valence-corrected chi connectivity index (χ4v) is 3.12. The van der Waals surface area contributed by atoms with E-state index in [4.69, 9.17) is 5.10 Å². The van der Waals surface area contributed by atoms with Gasteiger partial charge in [-0.05, 0) is 35.9 Å². The Balaban J connectivity index is 1.81. The Morgan fingerprint density at radius 3 is 2.63 bits per heavy atom. The number of hydrogen-bond acceptors (Lipinski definition) is 4. The van der Waals surface area contributed by atoms with E-state index in [0.29, 0.717) is 6.42 Å². The molecule has 4 aromatic rings. The van der Waals surface area contributed by atoms with Gasteiger partial charge in [-0.1, -0.05) is 30.3 Å². The van der Waals surface area contributed by atoms with Gasteiger partial charge in [0.25, 0.3) is 0 Å². The SMILES string of the molecule is CN(C)c1cccc(-c2ccc3ncc(-c4cccc(CC=O)c4)n3n2)c1. The normalized spacial score (nSPS) is 10.9. The fraction of sp³-hybridized carbons (Fsp3) is 0.136. The molecule has 5 heteroatoms. The second-order valence-corrected chi connectivity index (χ2v) is 6.65. The number of nitrogens with zero attached hydrogens (tertiary/aromatic N) is 4. The van der Waals surface area contributed by atoms with Gasteiger partial charge in [-0.15, -0.1) is 0 Å². The van der Waals surface area contributed by atoms with Crippen LogP contribution in [0.25, 0.3) is 28.2 Å². The summed E-state index contributed by atoms with van der Waals surface area (Å²) in [6, 6.07) is 20.2. The molecular weight excluding hydrogens is 336 g/mol. The number of anilines is 1. The molecule has 0 amide bonds. The number of imidazole rings is 1. The lowest BCUT2D eigenvalue weighted by molar-refractivity contribution is -0.107. The Labute approximate surface area is 157 Å². The summed E-state index contributed by atoms with van der Waals surface area (Å²) in [6.45, 7) is 0. The van der Waals surface area contributed by atoms with E-state index < -0.39 is 0 Å². The molecule has 0 saturated heterocycles.